The average Bonchev–Trinajstić information content (AvgIpc) is 2.62. The van der Waals surface area contributed by atoms with Gasteiger partial charge in [-0.15, -0.1) is 0 Å². The fourth-order valence-electron chi connectivity index (χ4n) is 2.02. The van der Waals surface area contributed by atoms with Gasteiger partial charge in [-0.25, -0.2) is 0 Å². The summed E-state index contributed by atoms with van der Waals surface area (Å²) in [5.74, 6) is -3.02. The maximum Gasteiger partial charge on any atom is 0.288 e. The van der Waals surface area contributed by atoms with E-state index in [1.807, 2.05) is 0 Å². The topological polar surface area (TPSA) is 82.3 Å². The number of carbonyl (C=O) groups excluding carboxylic acids is 1. The Morgan fingerprint density at radius 1 is 1.31 bits per heavy atom. The Hall–Kier alpha value is -3.05. The molecule has 0 saturated carbocycles. The van der Waals surface area contributed by atoms with Crippen LogP contribution in [0.5, 0.6) is 11.5 Å². The molecule has 0 spiro atoms. The lowest BCUT2D eigenvalue weighted by Gasteiger charge is -2.07. The Labute approximate surface area is 152 Å². The highest BCUT2D eigenvalue weighted by molar-refractivity contribution is 7.99. The molecule has 0 heterocycles. The van der Waals surface area contributed by atoms with Gasteiger partial charge in [-0.3, -0.25) is 4.79 Å². The molecule has 0 atom stereocenters. The highest BCUT2D eigenvalue weighted by Gasteiger charge is 2.11. The molecule has 26 heavy (non-hydrogen) atoms. The Morgan fingerprint density at radius 3 is 2.58 bits per heavy atom. The summed E-state index contributed by atoms with van der Waals surface area (Å²) in [4.78, 5) is 12.6. The second-order valence-corrected chi connectivity index (χ2v) is 6.02. The smallest absolute Gasteiger partial charge is 0.288 e. The minimum absolute atomic E-state index is 0.0608. The van der Waals surface area contributed by atoms with E-state index in [9.17, 15) is 23.9 Å². The predicted octanol–water partition coefficient (Wildman–Crippen LogP) is 4.26. The van der Waals surface area contributed by atoms with Gasteiger partial charge in [-0.05, 0) is 48.0 Å². The molecule has 1 amide bonds. The minimum Gasteiger partial charge on any atom is -0.504 e. The summed E-state index contributed by atoms with van der Waals surface area (Å²) in [5, 5.41) is 21.3. The number of rotatable bonds is 6. The van der Waals surface area contributed by atoms with Crippen molar-refractivity contribution in [2.75, 3.05) is 12.4 Å². The number of halogens is 2. The van der Waals surface area contributed by atoms with E-state index in [1.165, 1.54) is 55.7 Å². The van der Waals surface area contributed by atoms with Crippen LogP contribution in [0.4, 0.5) is 14.5 Å². The van der Waals surface area contributed by atoms with Crippen LogP contribution in [0.2, 0.25) is 0 Å². The Morgan fingerprint density at radius 2 is 2.00 bits per heavy atom. The molecule has 0 aliphatic rings. The first-order valence-corrected chi connectivity index (χ1v) is 8.16. The second-order valence-electron chi connectivity index (χ2n) is 4.96. The molecule has 0 radical (unpaired) electrons. The van der Waals surface area contributed by atoms with Crippen molar-refractivity contribution in [1.82, 2.24) is 0 Å². The van der Waals surface area contributed by atoms with Crippen LogP contribution in [0.25, 0.3) is 6.08 Å². The van der Waals surface area contributed by atoms with Crippen LogP contribution < -0.4 is 10.1 Å². The van der Waals surface area contributed by atoms with Gasteiger partial charge in [-0.2, -0.15) is 14.0 Å². The van der Waals surface area contributed by atoms with Crippen LogP contribution in [0.1, 0.15) is 5.56 Å². The number of benzene rings is 2. The number of phenolic OH excluding ortho intramolecular Hbond substituents is 1. The Balaban J connectivity index is 2.14. The number of hydrogen-bond donors (Lipinski definition) is 2. The van der Waals surface area contributed by atoms with Crippen LogP contribution in [-0.4, -0.2) is 23.9 Å². The number of carbonyl (C=O) groups is 1. The lowest BCUT2D eigenvalue weighted by molar-refractivity contribution is -0.112. The van der Waals surface area contributed by atoms with E-state index in [0.29, 0.717) is 27.9 Å². The van der Waals surface area contributed by atoms with Crippen molar-refractivity contribution in [1.29, 1.82) is 5.26 Å². The van der Waals surface area contributed by atoms with Crippen molar-refractivity contribution in [3.05, 3.63) is 53.6 Å². The molecule has 2 aromatic rings. The molecule has 0 aliphatic heterocycles. The summed E-state index contributed by atoms with van der Waals surface area (Å²) in [6, 6.07) is 12.0. The number of nitrogens with one attached hydrogen (secondary N) is 1. The zero-order valence-electron chi connectivity index (χ0n) is 13.6. The van der Waals surface area contributed by atoms with Crippen LogP contribution in [-0.2, 0) is 4.79 Å². The maximum absolute atomic E-state index is 12.3. The van der Waals surface area contributed by atoms with Gasteiger partial charge in [0.15, 0.2) is 11.5 Å². The Kier molecular flexibility index (Phi) is 6.58. The predicted molar refractivity (Wildman–Crippen MR) is 95.2 cm³/mol. The van der Waals surface area contributed by atoms with E-state index >= 15 is 0 Å². The van der Waals surface area contributed by atoms with Gasteiger partial charge in [0.25, 0.3) is 11.7 Å². The molecule has 8 heteroatoms. The van der Waals surface area contributed by atoms with Crippen LogP contribution in [0.15, 0.2) is 52.9 Å². The van der Waals surface area contributed by atoms with Crippen molar-refractivity contribution >= 4 is 29.4 Å². The van der Waals surface area contributed by atoms with Crippen LogP contribution in [0.3, 0.4) is 0 Å². The van der Waals surface area contributed by atoms with Gasteiger partial charge < -0.3 is 15.2 Å². The number of amides is 1. The van der Waals surface area contributed by atoms with Crippen molar-refractivity contribution < 1.29 is 23.4 Å². The summed E-state index contributed by atoms with van der Waals surface area (Å²) in [6.07, 6.45) is 1.35. The zero-order valence-corrected chi connectivity index (χ0v) is 14.4. The fraction of sp³-hybridized carbons (Fsp3) is 0.111. The number of ether oxygens (including phenoxy) is 1. The second kappa shape index (κ2) is 8.87. The highest BCUT2D eigenvalue weighted by atomic mass is 32.2. The van der Waals surface area contributed by atoms with E-state index in [2.05, 4.69) is 5.32 Å². The number of hydrogen-bond acceptors (Lipinski definition) is 5. The third-order valence-electron chi connectivity index (χ3n) is 3.22. The number of phenols is 1. The van der Waals surface area contributed by atoms with E-state index in [4.69, 9.17) is 4.74 Å². The molecule has 0 aliphatic carbocycles. The molecule has 0 bridgehead atoms. The number of aromatic hydroxyl groups is 1. The zero-order chi connectivity index (χ0) is 19.1. The third kappa shape index (κ3) is 5.22. The van der Waals surface area contributed by atoms with Gasteiger partial charge in [0.2, 0.25) is 0 Å². The number of nitrogens with zero attached hydrogens (tertiary/aromatic N) is 1. The van der Waals surface area contributed by atoms with Crippen LogP contribution >= 0.6 is 11.8 Å². The van der Waals surface area contributed by atoms with E-state index in [1.54, 1.807) is 6.07 Å². The van der Waals surface area contributed by atoms with Crippen molar-refractivity contribution in [3.8, 4) is 17.6 Å². The van der Waals surface area contributed by atoms with E-state index in [0.717, 1.165) is 0 Å². The van der Waals surface area contributed by atoms with Gasteiger partial charge in [0, 0.05) is 10.6 Å². The third-order valence-corrected chi connectivity index (χ3v) is 3.94. The van der Waals surface area contributed by atoms with Crippen molar-refractivity contribution in [3.63, 3.8) is 0 Å². The van der Waals surface area contributed by atoms with Crippen molar-refractivity contribution in [2.24, 2.45) is 0 Å². The van der Waals surface area contributed by atoms with E-state index in [-0.39, 0.29) is 17.1 Å². The quantitative estimate of drug-likeness (QED) is 0.447. The first kappa shape index (κ1) is 19.3. The molecule has 134 valence electrons. The summed E-state index contributed by atoms with van der Waals surface area (Å²) in [5.41, 5.74) is 0.705. The normalized spacial score (nSPS) is 11.1. The number of nitriles is 1. The molecule has 0 aromatic heterocycles. The SMILES string of the molecule is COc1cc(/C=C(\C#N)C(=O)Nc2ccc(SC(F)F)cc2)ccc1O. The molecule has 2 N–H and O–H groups in total. The highest BCUT2D eigenvalue weighted by Crippen LogP contribution is 2.28. The van der Waals surface area contributed by atoms with E-state index < -0.39 is 11.7 Å². The average molecular weight is 376 g/mol. The lowest BCUT2D eigenvalue weighted by Crippen LogP contribution is -2.13. The number of alkyl halides is 2. The van der Waals surface area contributed by atoms with Crippen molar-refractivity contribution in [2.45, 2.75) is 10.7 Å². The molecule has 5 nitrogen and oxygen atoms in total. The standard InChI is InChI=1S/C18H14F2N2O3S/c1-25-16-9-11(2-7-15(16)23)8-12(10-21)17(24)22-13-3-5-14(6-4-13)26-18(19)20/h2-9,18,23H,1H3,(H,22,24)/b12-8+. The fourth-order valence-corrected chi connectivity index (χ4v) is 2.52. The molecular weight excluding hydrogens is 362 g/mol. The maximum atomic E-state index is 12.3. The molecule has 2 aromatic carbocycles. The lowest BCUT2D eigenvalue weighted by atomic mass is 10.1. The largest absolute Gasteiger partial charge is 0.504 e. The monoisotopic (exact) mass is 376 g/mol. The molecule has 0 unspecified atom stereocenters. The first-order chi connectivity index (χ1) is 12.4. The van der Waals surface area contributed by atoms with Gasteiger partial charge in [-0.1, -0.05) is 17.8 Å². The van der Waals surface area contributed by atoms with Crippen LogP contribution in [0, 0.1) is 11.3 Å². The Bertz CT molecular complexity index is 862. The summed E-state index contributed by atoms with van der Waals surface area (Å²) < 4.78 is 29.6. The van der Waals surface area contributed by atoms with Gasteiger partial charge >= 0.3 is 0 Å². The summed E-state index contributed by atoms with van der Waals surface area (Å²) >= 11 is 0.401. The van der Waals surface area contributed by atoms with Gasteiger partial charge in [0.05, 0.1) is 7.11 Å². The molecular formula is C18H14F2N2O3S. The molecule has 2 rings (SSSR count). The minimum atomic E-state index is -2.52. The van der Waals surface area contributed by atoms with Gasteiger partial charge in [0.1, 0.15) is 11.6 Å². The first-order valence-electron chi connectivity index (χ1n) is 7.28. The molecule has 0 saturated heterocycles. The summed E-state index contributed by atoms with van der Waals surface area (Å²) in [7, 11) is 1.39. The summed E-state index contributed by atoms with van der Waals surface area (Å²) in [6.45, 7) is 0. The number of thioether (sulfide) groups is 1. The number of anilines is 1. The number of methoxy groups -OCH3 is 1. The molecule has 0 fully saturated rings.